The quantitative estimate of drug-likeness (QED) is 0.216. The van der Waals surface area contributed by atoms with Crippen LogP contribution in [0.2, 0.25) is 0 Å². The number of carbonyl (C=O) groups excluding carboxylic acids is 1. The lowest BCUT2D eigenvalue weighted by Crippen LogP contribution is -2.41. The second-order valence-corrected chi connectivity index (χ2v) is 9.77. The number of amides is 1. The highest BCUT2D eigenvalue weighted by molar-refractivity contribution is 6.48. The van der Waals surface area contributed by atoms with Crippen LogP contribution < -0.4 is 16.2 Å². The van der Waals surface area contributed by atoms with Gasteiger partial charge in [-0.3, -0.25) is 10.2 Å². The topological polar surface area (TPSA) is 122 Å². The SMILES string of the molecule is CNN(CC(=N)C(=N)c1cc(C2CCN(CCF)CC2)ccc1N)c1ccc(C(=O)N2CCOCC2)cc1. The highest BCUT2D eigenvalue weighted by Gasteiger charge is 2.23. The van der Waals surface area contributed by atoms with Crippen molar-refractivity contribution in [2.45, 2.75) is 18.8 Å². The Bertz CT molecular complexity index is 1130. The molecule has 0 atom stereocenters. The van der Waals surface area contributed by atoms with E-state index in [1.54, 1.807) is 29.1 Å². The van der Waals surface area contributed by atoms with Crippen molar-refractivity contribution >= 4 is 28.7 Å². The van der Waals surface area contributed by atoms with Crippen molar-refractivity contribution < 1.29 is 13.9 Å². The summed E-state index contributed by atoms with van der Waals surface area (Å²) in [4.78, 5) is 16.7. The second kappa shape index (κ2) is 12.9. The van der Waals surface area contributed by atoms with Crippen LogP contribution in [0.1, 0.15) is 40.2 Å². The molecule has 2 saturated heterocycles. The lowest BCUT2D eigenvalue weighted by atomic mass is 9.87. The fourth-order valence-corrected chi connectivity index (χ4v) is 5.09. The second-order valence-electron chi connectivity index (χ2n) is 9.77. The predicted octanol–water partition coefficient (Wildman–Crippen LogP) is 2.92. The van der Waals surface area contributed by atoms with Crippen molar-refractivity contribution in [3.8, 4) is 0 Å². The Balaban J connectivity index is 1.40. The smallest absolute Gasteiger partial charge is 0.254 e. The summed E-state index contributed by atoms with van der Waals surface area (Å²) in [5.74, 6) is 0.313. The number of ether oxygens (including phenoxy) is 1. The van der Waals surface area contributed by atoms with Crippen LogP contribution in [-0.2, 0) is 4.74 Å². The zero-order chi connectivity index (χ0) is 27.1. The molecule has 2 fully saturated rings. The van der Waals surface area contributed by atoms with E-state index in [9.17, 15) is 9.18 Å². The number of morpholine rings is 1. The fourth-order valence-electron chi connectivity index (χ4n) is 5.09. The number of benzene rings is 2. The Labute approximate surface area is 223 Å². The summed E-state index contributed by atoms with van der Waals surface area (Å²) in [6, 6.07) is 13.0. The number of hydrogen-bond donors (Lipinski definition) is 4. The van der Waals surface area contributed by atoms with Gasteiger partial charge < -0.3 is 30.7 Å². The third kappa shape index (κ3) is 6.56. The molecule has 0 spiro atoms. The first-order valence-electron chi connectivity index (χ1n) is 13.2. The van der Waals surface area contributed by atoms with Crippen molar-refractivity contribution in [3.63, 3.8) is 0 Å². The van der Waals surface area contributed by atoms with Crippen LogP contribution >= 0.6 is 0 Å². The van der Waals surface area contributed by atoms with Crippen LogP contribution in [0.15, 0.2) is 42.5 Å². The van der Waals surface area contributed by atoms with E-state index in [0.29, 0.717) is 55.6 Å². The van der Waals surface area contributed by atoms with Gasteiger partial charge in [0.05, 0.1) is 36.9 Å². The fraction of sp³-hybridized carbons (Fsp3) is 0.464. The van der Waals surface area contributed by atoms with E-state index in [0.717, 1.165) is 37.2 Å². The van der Waals surface area contributed by atoms with Gasteiger partial charge in [-0.25, -0.2) is 9.82 Å². The van der Waals surface area contributed by atoms with Crippen molar-refractivity contribution in [2.24, 2.45) is 0 Å². The van der Waals surface area contributed by atoms with Gasteiger partial charge in [0.15, 0.2) is 0 Å². The minimum atomic E-state index is -0.323. The van der Waals surface area contributed by atoms with Gasteiger partial charge in [-0.1, -0.05) is 6.07 Å². The van der Waals surface area contributed by atoms with Gasteiger partial charge in [0.2, 0.25) is 0 Å². The molecule has 2 heterocycles. The Morgan fingerprint density at radius 1 is 1.11 bits per heavy atom. The molecular formula is C28H38FN7O2. The third-order valence-corrected chi connectivity index (χ3v) is 7.42. The molecule has 0 bridgehead atoms. The molecule has 0 saturated carbocycles. The molecule has 4 rings (SSSR count). The van der Waals surface area contributed by atoms with Gasteiger partial charge in [-0.2, -0.15) is 0 Å². The molecule has 38 heavy (non-hydrogen) atoms. The Morgan fingerprint density at radius 3 is 2.42 bits per heavy atom. The zero-order valence-electron chi connectivity index (χ0n) is 22.0. The van der Waals surface area contributed by atoms with Gasteiger partial charge in [-0.15, -0.1) is 0 Å². The molecule has 5 N–H and O–H groups in total. The summed E-state index contributed by atoms with van der Waals surface area (Å²) in [6.45, 7) is 4.31. The highest BCUT2D eigenvalue weighted by Crippen LogP contribution is 2.30. The van der Waals surface area contributed by atoms with E-state index in [2.05, 4.69) is 10.3 Å². The van der Waals surface area contributed by atoms with Gasteiger partial charge in [0.1, 0.15) is 6.67 Å². The van der Waals surface area contributed by atoms with E-state index in [-0.39, 0.29) is 30.5 Å². The monoisotopic (exact) mass is 523 g/mol. The van der Waals surface area contributed by atoms with E-state index < -0.39 is 0 Å². The Kier molecular flexibility index (Phi) is 9.43. The number of alkyl halides is 1. The summed E-state index contributed by atoms with van der Waals surface area (Å²) >= 11 is 0. The van der Waals surface area contributed by atoms with Crippen molar-refractivity contribution in [2.75, 3.05) is 76.9 Å². The molecule has 2 aromatic rings. The van der Waals surface area contributed by atoms with E-state index in [1.807, 2.05) is 30.3 Å². The molecule has 0 aliphatic carbocycles. The molecule has 0 aromatic heterocycles. The van der Waals surface area contributed by atoms with E-state index >= 15 is 0 Å². The number of halogens is 1. The van der Waals surface area contributed by atoms with Crippen molar-refractivity contribution in [1.29, 1.82) is 10.8 Å². The molecule has 2 aromatic carbocycles. The van der Waals surface area contributed by atoms with Crippen LogP contribution in [0.25, 0.3) is 0 Å². The minimum absolute atomic E-state index is 0.0196. The number of nitrogens with one attached hydrogen (secondary N) is 3. The van der Waals surface area contributed by atoms with Crippen molar-refractivity contribution in [3.05, 3.63) is 59.2 Å². The first-order valence-corrected chi connectivity index (χ1v) is 13.2. The lowest BCUT2D eigenvalue weighted by Gasteiger charge is -2.31. The molecule has 2 aliphatic heterocycles. The molecule has 2 aliphatic rings. The molecule has 9 nitrogen and oxygen atoms in total. The summed E-state index contributed by atoms with van der Waals surface area (Å²) in [5, 5.41) is 19.2. The number of hydrogen-bond acceptors (Lipinski definition) is 8. The molecule has 0 unspecified atom stereocenters. The first-order chi connectivity index (χ1) is 18.4. The lowest BCUT2D eigenvalue weighted by molar-refractivity contribution is 0.0303. The summed E-state index contributed by atoms with van der Waals surface area (Å²) in [5.41, 5.74) is 13.0. The number of likely N-dealkylation sites (tertiary alicyclic amines) is 1. The zero-order valence-corrected chi connectivity index (χ0v) is 22.0. The summed E-state index contributed by atoms with van der Waals surface area (Å²) < 4.78 is 18.0. The number of nitrogen functional groups attached to an aromatic ring is 1. The Morgan fingerprint density at radius 2 is 1.79 bits per heavy atom. The number of nitrogens with two attached hydrogens (primary N) is 1. The molecule has 0 radical (unpaired) electrons. The van der Waals surface area contributed by atoms with Crippen LogP contribution in [0, 0.1) is 10.8 Å². The Hall–Kier alpha value is -3.34. The number of hydrazine groups is 1. The average Bonchev–Trinajstić information content (AvgIpc) is 2.96. The van der Waals surface area contributed by atoms with Crippen LogP contribution in [0.4, 0.5) is 15.8 Å². The maximum absolute atomic E-state index is 12.7. The number of carbonyl (C=O) groups is 1. The standard InChI is InChI=1S/C28H38FN7O2/c1-33-36(23-5-2-21(3-6-23)28(37)35-14-16-38-17-15-35)19-26(31)27(32)24-18-22(4-7-25(24)30)20-8-11-34(12-9-20)13-10-29/h2-7,18,20,31-33H,8-17,19,30H2,1H3. The number of piperidine rings is 1. The maximum atomic E-state index is 12.7. The van der Waals surface area contributed by atoms with Crippen LogP contribution in [0.3, 0.4) is 0 Å². The van der Waals surface area contributed by atoms with E-state index in [4.69, 9.17) is 21.3 Å². The number of nitrogens with zero attached hydrogens (tertiary/aromatic N) is 3. The van der Waals surface area contributed by atoms with Gasteiger partial charge in [0, 0.05) is 43.5 Å². The molecule has 10 heteroatoms. The number of anilines is 2. The minimum Gasteiger partial charge on any atom is -0.398 e. The third-order valence-electron chi connectivity index (χ3n) is 7.42. The van der Waals surface area contributed by atoms with Crippen molar-refractivity contribution in [1.82, 2.24) is 15.2 Å². The molecular weight excluding hydrogens is 485 g/mol. The van der Waals surface area contributed by atoms with Gasteiger partial charge in [-0.05, 0) is 73.8 Å². The average molecular weight is 524 g/mol. The molecule has 1 amide bonds. The van der Waals surface area contributed by atoms with Gasteiger partial charge in [0.25, 0.3) is 5.91 Å². The van der Waals surface area contributed by atoms with E-state index in [1.165, 1.54) is 0 Å². The highest BCUT2D eigenvalue weighted by atomic mass is 19.1. The molecule has 204 valence electrons. The largest absolute Gasteiger partial charge is 0.398 e. The maximum Gasteiger partial charge on any atom is 0.254 e. The summed E-state index contributed by atoms with van der Waals surface area (Å²) in [6.07, 6.45) is 1.87. The predicted molar refractivity (Wildman–Crippen MR) is 149 cm³/mol. The van der Waals surface area contributed by atoms with Crippen LogP contribution in [0.5, 0.6) is 0 Å². The summed E-state index contributed by atoms with van der Waals surface area (Å²) in [7, 11) is 1.76. The normalized spacial score (nSPS) is 16.8. The first kappa shape index (κ1) is 27.7. The number of rotatable bonds is 10. The van der Waals surface area contributed by atoms with Gasteiger partial charge >= 0.3 is 0 Å². The van der Waals surface area contributed by atoms with Crippen LogP contribution in [-0.4, -0.2) is 93.3 Å².